The third kappa shape index (κ3) is 4.52. The van der Waals surface area contributed by atoms with Gasteiger partial charge >= 0.3 is 0 Å². The molecule has 0 amide bonds. The fourth-order valence-electron chi connectivity index (χ4n) is 3.48. The maximum Gasteiger partial charge on any atom is 0.203 e. The van der Waals surface area contributed by atoms with Gasteiger partial charge in [0, 0.05) is 17.7 Å². The Morgan fingerprint density at radius 3 is 2.34 bits per heavy atom. The molecule has 1 heterocycles. The van der Waals surface area contributed by atoms with Crippen LogP contribution in [0, 0.1) is 11.7 Å². The van der Waals surface area contributed by atoms with Gasteiger partial charge in [-0.2, -0.15) is 4.68 Å². The number of ether oxygens (including phenoxy) is 2. The summed E-state index contributed by atoms with van der Waals surface area (Å²) in [6.45, 7) is 6.48. The molecule has 29 heavy (non-hydrogen) atoms. The minimum absolute atomic E-state index is 0.680. The minimum atomic E-state index is 0.680. The summed E-state index contributed by atoms with van der Waals surface area (Å²) >= 11 is 5.71. The van der Waals surface area contributed by atoms with E-state index < -0.39 is 0 Å². The summed E-state index contributed by atoms with van der Waals surface area (Å²) in [5.41, 5.74) is 3.46. The summed E-state index contributed by atoms with van der Waals surface area (Å²) in [6, 6.07) is 14.3. The first kappa shape index (κ1) is 21.1. The van der Waals surface area contributed by atoms with Gasteiger partial charge in [-0.25, -0.2) is 0 Å². The zero-order chi connectivity index (χ0) is 21.0. The molecule has 0 saturated carbocycles. The van der Waals surface area contributed by atoms with Crippen LogP contribution in [-0.2, 0) is 19.8 Å². The van der Waals surface area contributed by atoms with Crippen molar-refractivity contribution in [2.24, 2.45) is 0 Å². The van der Waals surface area contributed by atoms with Crippen molar-refractivity contribution in [3.05, 3.63) is 58.4 Å². The Kier molecular flexibility index (Phi) is 6.71. The average Bonchev–Trinajstić information content (AvgIpc) is 3.04. The van der Waals surface area contributed by atoms with Gasteiger partial charge in [-0.3, -0.25) is 0 Å². The van der Waals surface area contributed by atoms with E-state index in [1.807, 2.05) is 28.9 Å². The van der Waals surface area contributed by atoms with Crippen LogP contribution < -0.4 is 14.4 Å². The molecule has 0 bridgehead atoms. The first-order valence-electron chi connectivity index (χ1n) is 9.74. The number of benzene rings is 2. The average molecular weight is 414 g/mol. The highest BCUT2D eigenvalue weighted by Gasteiger charge is 2.16. The molecule has 154 valence electrons. The lowest BCUT2D eigenvalue weighted by Crippen LogP contribution is -3.07. The van der Waals surface area contributed by atoms with E-state index in [0.29, 0.717) is 6.67 Å². The molecule has 0 aliphatic carbocycles. The number of nitrogens with zero attached hydrogens (tertiary/aromatic N) is 3. The SMILES string of the molecule is CCn1c(-c2ccccc2)nn(C[NH+](C)Cc2cc(OC)c(OC)cc2C)c1=S. The largest absolute Gasteiger partial charge is 0.493 e. The van der Waals surface area contributed by atoms with Crippen LogP contribution in [0.15, 0.2) is 42.5 Å². The van der Waals surface area contributed by atoms with Crippen LogP contribution >= 0.6 is 12.2 Å². The van der Waals surface area contributed by atoms with Crippen LogP contribution in [0.2, 0.25) is 0 Å². The van der Waals surface area contributed by atoms with Crippen molar-refractivity contribution in [3.8, 4) is 22.9 Å². The molecule has 0 radical (unpaired) electrons. The molecule has 1 atom stereocenters. The van der Waals surface area contributed by atoms with E-state index in [0.717, 1.165) is 40.7 Å². The number of aromatic nitrogens is 3. The molecular formula is C22H29N4O2S+. The van der Waals surface area contributed by atoms with E-state index in [1.165, 1.54) is 16.0 Å². The molecule has 3 aromatic rings. The minimum Gasteiger partial charge on any atom is -0.493 e. The fourth-order valence-corrected chi connectivity index (χ4v) is 3.80. The predicted octanol–water partition coefficient (Wildman–Crippen LogP) is 3.10. The highest BCUT2D eigenvalue weighted by atomic mass is 32.1. The van der Waals surface area contributed by atoms with Crippen LogP contribution in [0.1, 0.15) is 18.1 Å². The van der Waals surface area contributed by atoms with Gasteiger partial charge in [0.15, 0.2) is 24.0 Å². The maximum atomic E-state index is 5.71. The third-order valence-corrected chi connectivity index (χ3v) is 5.46. The van der Waals surface area contributed by atoms with Crippen molar-refractivity contribution in [1.82, 2.24) is 14.3 Å². The summed E-state index contributed by atoms with van der Waals surface area (Å²) in [5, 5.41) is 4.83. The lowest BCUT2D eigenvalue weighted by Gasteiger charge is -2.17. The van der Waals surface area contributed by atoms with Gasteiger partial charge in [0.1, 0.15) is 6.54 Å². The highest BCUT2D eigenvalue weighted by molar-refractivity contribution is 7.71. The summed E-state index contributed by atoms with van der Waals surface area (Å²) in [6.07, 6.45) is 0. The van der Waals surface area contributed by atoms with E-state index in [4.69, 9.17) is 26.8 Å². The van der Waals surface area contributed by atoms with Gasteiger partial charge in [-0.05, 0) is 43.8 Å². The summed E-state index contributed by atoms with van der Waals surface area (Å²) in [7, 11) is 5.46. The molecule has 0 fully saturated rings. The molecule has 1 N–H and O–H groups in total. The van der Waals surface area contributed by atoms with Crippen LogP contribution in [-0.4, -0.2) is 35.6 Å². The van der Waals surface area contributed by atoms with E-state index in [2.05, 4.69) is 43.7 Å². The molecule has 0 saturated heterocycles. The smallest absolute Gasteiger partial charge is 0.203 e. The predicted molar refractivity (Wildman–Crippen MR) is 117 cm³/mol. The number of hydrogen-bond donors (Lipinski definition) is 1. The van der Waals surface area contributed by atoms with Crippen molar-refractivity contribution < 1.29 is 14.4 Å². The lowest BCUT2D eigenvalue weighted by molar-refractivity contribution is -0.917. The number of hydrogen-bond acceptors (Lipinski definition) is 4. The molecule has 2 aromatic carbocycles. The van der Waals surface area contributed by atoms with Crippen molar-refractivity contribution in [3.63, 3.8) is 0 Å². The van der Waals surface area contributed by atoms with Crippen LogP contribution in [0.3, 0.4) is 0 Å². The molecule has 0 aliphatic rings. The Hall–Kier alpha value is -2.64. The van der Waals surface area contributed by atoms with Crippen molar-refractivity contribution in [2.75, 3.05) is 21.3 Å². The summed E-state index contributed by atoms with van der Waals surface area (Å²) in [4.78, 5) is 1.27. The number of methoxy groups -OCH3 is 2. The lowest BCUT2D eigenvalue weighted by atomic mass is 10.1. The zero-order valence-electron chi connectivity index (χ0n) is 17.7. The summed E-state index contributed by atoms with van der Waals surface area (Å²) in [5.74, 6) is 2.41. The molecule has 3 rings (SSSR count). The Labute approximate surface area is 177 Å². The van der Waals surface area contributed by atoms with E-state index in [-0.39, 0.29) is 0 Å². The molecule has 0 aliphatic heterocycles. The van der Waals surface area contributed by atoms with Gasteiger partial charge in [-0.15, -0.1) is 5.10 Å². The van der Waals surface area contributed by atoms with Crippen LogP contribution in [0.4, 0.5) is 0 Å². The first-order valence-corrected chi connectivity index (χ1v) is 10.1. The quantitative estimate of drug-likeness (QED) is 0.577. The van der Waals surface area contributed by atoms with Gasteiger partial charge in [0.2, 0.25) is 4.77 Å². The van der Waals surface area contributed by atoms with Crippen LogP contribution in [0.5, 0.6) is 11.5 Å². The second-order valence-corrected chi connectivity index (χ2v) is 7.51. The second kappa shape index (κ2) is 9.24. The summed E-state index contributed by atoms with van der Waals surface area (Å²) < 4.78 is 15.6. The molecule has 1 aromatic heterocycles. The zero-order valence-corrected chi connectivity index (χ0v) is 18.5. The topological polar surface area (TPSA) is 45.7 Å². The Balaban J connectivity index is 1.84. The fraction of sp³-hybridized carbons (Fsp3) is 0.364. The molecular weight excluding hydrogens is 384 g/mol. The van der Waals surface area contributed by atoms with Crippen molar-refractivity contribution in [1.29, 1.82) is 0 Å². The number of quaternary nitrogens is 1. The van der Waals surface area contributed by atoms with E-state index in [1.54, 1.807) is 14.2 Å². The van der Waals surface area contributed by atoms with E-state index in [9.17, 15) is 0 Å². The monoisotopic (exact) mass is 413 g/mol. The highest BCUT2D eigenvalue weighted by Crippen LogP contribution is 2.29. The Morgan fingerprint density at radius 1 is 1.07 bits per heavy atom. The van der Waals surface area contributed by atoms with E-state index >= 15 is 0 Å². The standard InChI is InChI=1S/C22H28N4O2S/c1-6-25-21(17-10-8-7-9-11-17)23-26(22(25)29)15-24(3)14-18-13-20(28-5)19(27-4)12-16(18)2/h7-13H,6,14-15H2,1-5H3/p+1. The van der Waals surface area contributed by atoms with Crippen molar-refractivity contribution in [2.45, 2.75) is 33.6 Å². The third-order valence-electron chi connectivity index (χ3n) is 5.03. The normalized spacial score (nSPS) is 12.0. The van der Waals surface area contributed by atoms with Crippen LogP contribution in [0.25, 0.3) is 11.4 Å². The van der Waals surface area contributed by atoms with Gasteiger partial charge in [0.05, 0.1) is 21.3 Å². The number of rotatable bonds is 8. The van der Waals surface area contributed by atoms with Crippen molar-refractivity contribution >= 4 is 12.2 Å². The molecule has 1 unspecified atom stereocenters. The van der Waals surface area contributed by atoms with Gasteiger partial charge in [-0.1, -0.05) is 30.3 Å². The van der Waals surface area contributed by atoms with Gasteiger partial charge < -0.3 is 18.9 Å². The maximum absolute atomic E-state index is 5.71. The number of nitrogens with one attached hydrogen (secondary N) is 1. The van der Waals surface area contributed by atoms with Gasteiger partial charge in [0.25, 0.3) is 0 Å². The molecule has 0 spiro atoms. The number of aryl methyl sites for hydroxylation is 1. The molecule has 6 nitrogen and oxygen atoms in total. The second-order valence-electron chi connectivity index (χ2n) is 7.14. The molecule has 7 heteroatoms. The first-order chi connectivity index (χ1) is 14.0. The Morgan fingerprint density at radius 2 is 1.72 bits per heavy atom. The Bertz CT molecular complexity index is 1030.